The van der Waals surface area contributed by atoms with Crippen molar-refractivity contribution in [3.63, 3.8) is 0 Å². The van der Waals surface area contributed by atoms with E-state index < -0.39 is 0 Å². The van der Waals surface area contributed by atoms with E-state index >= 15 is 0 Å². The van der Waals surface area contributed by atoms with Crippen LogP contribution < -0.4 is 9.64 Å². The Morgan fingerprint density at radius 1 is 1.05 bits per heavy atom. The Kier molecular flexibility index (Phi) is 3.70. The zero-order chi connectivity index (χ0) is 15.0. The molecule has 0 bridgehead atoms. The molecule has 2 aromatic rings. The lowest BCUT2D eigenvalue weighted by molar-refractivity contribution is 0.289. The first-order valence-electron chi connectivity index (χ1n) is 7.20. The summed E-state index contributed by atoms with van der Waals surface area (Å²) in [5, 5.41) is 0. The molecule has 2 nitrogen and oxygen atoms in total. The maximum Gasteiger partial charge on any atom is 0.161 e. The molecule has 0 radical (unpaired) electrons. The van der Waals surface area contributed by atoms with Crippen LogP contribution >= 0.6 is 15.9 Å². The molecule has 0 unspecified atom stereocenters. The number of hydrogen-bond acceptors (Lipinski definition) is 2. The zero-order valence-corrected chi connectivity index (χ0v) is 14.3. The summed E-state index contributed by atoms with van der Waals surface area (Å²) in [5.41, 5.74) is 3.96. The van der Waals surface area contributed by atoms with E-state index in [9.17, 15) is 0 Å². The molecule has 0 saturated heterocycles. The molecule has 0 saturated carbocycles. The van der Waals surface area contributed by atoms with E-state index in [0.717, 1.165) is 16.8 Å². The molecule has 3 heteroatoms. The highest BCUT2D eigenvalue weighted by molar-refractivity contribution is 9.10. The number of rotatable bonds is 1. The van der Waals surface area contributed by atoms with Gasteiger partial charge < -0.3 is 9.64 Å². The molecule has 21 heavy (non-hydrogen) atoms. The van der Waals surface area contributed by atoms with E-state index in [0.29, 0.717) is 6.73 Å². The Morgan fingerprint density at radius 3 is 2.43 bits per heavy atom. The first kappa shape index (κ1) is 14.5. The fraction of sp³-hybridized carbons (Fsp3) is 0.333. The quantitative estimate of drug-likeness (QED) is 0.712. The molecule has 0 aliphatic carbocycles. The highest BCUT2D eigenvalue weighted by Crippen LogP contribution is 2.32. The smallest absolute Gasteiger partial charge is 0.161 e. The third-order valence-corrected chi connectivity index (χ3v) is 4.38. The topological polar surface area (TPSA) is 12.5 Å². The standard InChI is InChI=1S/C18H20BrNO/c1-18(2,3)14-4-9-17-13(10-14)11-20(12-21-17)16-7-5-15(19)6-8-16/h4-10H,11-12H2,1-3H3. The Bertz CT molecular complexity index is 643. The Balaban J connectivity index is 1.88. The predicted octanol–water partition coefficient (Wildman–Crippen LogP) is 5.10. The molecule has 0 fully saturated rings. The number of ether oxygens (including phenoxy) is 1. The largest absolute Gasteiger partial charge is 0.473 e. The summed E-state index contributed by atoms with van der Waals surface area (Å²) >= 11 is 3.48. The average Bonchev–Trinajstić information content (AvgIpc) is 2.46. The Hall–Kier alpha value is -1.48. The van der Waals surface area contributed by atoms with Crippen LogP contribution in [0.4, 0.5) is 5.69 Å². The number of halogens is 1. The van der Waals surface area contributed by atoms with Gasteiger partial charge in [-0.05, 0) is 47.4 Å². The molecule has 0 atom stereocenters. The van der Waals surface area contributed by atoms with Crippen LogP contribution in [-0.4, -0.2) is 6.73 Å². The lowest BCUT2D eigenvalue weighted by Crippen LogP contribution is -2.32. The normalized spacial score (nSPS) is 14.6. The molecule has 1 aliphatic rings. The molecular formula is C18H20BrNO. The van der Waals surface area contributed by atoms with Crippen LogP contribution in [0.25, 0.3) is 0 Å². The van der Waals surface area contributed by atoms with Gasteiger partial charge in [0.1, 0.15) is 5.75 Å². The number of hydrogen-bond donors (Lipinski definition) is 0. The van der Waals surface area contributed by atoms with Gasteiger partial charge in [-0.1, -0.05) is 42.8 Å². The molecule has 0 amide bonds. The van der Waals surface area contributed by atoms with Crippen LogP contribution in [-0.2, 0) is 12.0 Å². The molecule has 3 rings (SSSR count). The number of benzene rings is 2. The summed E-state index contributed by atoms with van der Waals surface area (Å²) < 4.78 is 7.00. The minimum absolute atomic E-state index is 0.162. The maximum absolute atomic E-state index is 5.90. The minimum atomic E-state index is 0.162. The minimum Gasteiger partial charge on any atom is -0.473 e. The number of fused-ring (bicyclic) bond motifs is 1. The Labute approximate surface area is 134 Å². The van der Waals surface area contributed by atoms with Crippen molar-refractivity contribution in [1.82, 2.24) is 0 Å². The molecular weight excluding hydrogens is 326 g/mol. The second-order valence-electron chi connectivity index (χ2n) is 6.52. The molecule has 1 heterocycles. The van der Waals surface area contributed by atoms with E-state index in [2.05, 4.69) is 84.1 Å². The van der Waals surface area contributed by atoms with E-state index in [1.807, 2.05) is 0 Å². The number of anilines is 1. The van der Waals surface area contributed by atoms with Crippen molar-refractivity contribution in [3.8, 4) is 5.75 Å². The SMILES string of the molecule is CC(C)(C)c1ccc2c(c1)CN(c1ccc(Br)cc1)CO2. The number of nitrogens with zero attached hydrogens (tertiary/aromatic N) is 1. The Morgan fingerprint density at radius 2 is 1.76 bits per heavy atom. The molecule has 2 aromatic carbocycles. The van der Waals surface area contributed by atoms with Gasteiger partial charge in [-0.3, -0.25) is 0 Å². The maximum atomic E-state index is 5.90. The van der Waals surface area contributed by atoms with Crippen LogP contribution in [0.1, 0.15) is 31.9 Å². The van der Waals surface area contributed by atoms with Crippen LogP contribution in [0.3, 0.4) is 0 Å². The molecule has 0 aromatic heterocycles. The van der Waals surface area contributed by atoms with Gasteiger partial charge in [-0.25, -0.2) is 0 Å². The van der Waals surface area contributed by atoms with E-state index in [1.54, 1.807) is 0 Å². The van der Waals surface area contributed by atoms with Gasteiger partial charge in [0.15, 0.2) is 6.73 Å². The van der Waals surface area contributed by atoms with E-state index in [1.165, 1.54) is 16.8 Å². The lowest BCUT2D eigenvalue weighted by atomic mass is 9.86. The van der Waals surface area contributed by atoms with Gasteiger partial charge in [0.05, 0.1) is 0 Å². The first-order valence-corrected chi connectivity index (χ1v) is 7.99. The van der Waals surface area contributed by atoms with E-state index in [-0.39, 0.29) is 5.41 Å². The fourth-order valence-corrected chi connectivity index (χ4v) is 2.79. The van der Waals surface area contributed by atoms with Gasteiger partial charge in [0.25, 0.3) is 0 Å². The highest BCUT2D eigenvalue weighted by atomic mass is 79.9. The van der Waals surface area contributed by atoms with Crippen LogP contribution in [0.15, 0.2) is 46.9 Å². The van der Waals surface area contributed by atoms with Gasteiger partial charge in [0, 0.05) is 22.3 Å². The van der Waals surface area contributed by atoms with Crippen molar-refractivity contribution < 1.29 is 4.74 Å². The molecule has 110 valence electrons. The highest BCUT2D eigenvalue weighted by Gasteiger charge is 2.21. The third-order valence-electron chi connectivity index (χ3n) is 3.86. The monoisotopic (exact) mass is 345 g/mol. The van der Waals surface area contributed by atoms with Crippen LogP contribution in [0, 0.1) is 0 Å². The van der Waals surface area contributed by atoms with Gasteiger partial charge in [-0.15, -0.1) is 0 Å². The predicted molar refractivity (Wildman–Crippen MR) is 91.0 cm³/mol. The summed E-state index contributed by atoms with van der Waals surface area (Å²) in [6, 6.07) is 14.9. The van der Waals surface area contributed by atoms with Crippen molar-refractivity contribution in [3.05, 3.63) is 58.1 Å². The van der Waals surface area contributed by atoms with Crippen molar-refractivity contribution in [1.29, 1.82) is 0 Å². The van der Waals surface area contributed by atoms with E-state index in [4.69, 9.17) is 4.74 Å². The first-order chi connectivity index (χ1) is 9.93. The summed E-state index contributed by atoms with van der Waals surface area (Å²) in [7, 11) is 0. The average molecular weight is 346 g/mol. The molecule has 1 aliphatic heterocycles. The van der Waals surface area contributed by atoms with Crippen molar-refractivity contribution in [2.45, 2.75) is 32.7 Å². The van der Waals surface area contributed by atoms with Gasteiger partial charge in [-0.2, -0.15) is 0 Å². The third kappa shape index (κ3) is 3.08. The van der Waals surface area contributed by atoms with Crippen LogP contribution in [0.5, 0.6) is 5.75 Å². The second-order valence-corrected chi connectivity index (χ2v) is 7.44. The molecule has 0 spiro atoms. The summed E-state index contributed by atoms with van der Waals surface area (Å²) in [5.74, 6) is 1.01. The lowest BCUT2D eigenvalue weighted by Gasteiger charge is -2.32. The zero-order valence-electron chi connectivity index (χ0n) is 12.7. The summed E-state index contributed by atoms with van der Waals surface area (Å²) in [6.07, 6.45) is 0. The van der Waals surface area contributed by atoms with Crippen molar-refractivity contribution in [2.75, 3.05) is 11.6 Å². The molecule has 0 N–H and O–H groups in total. The summed E-state index contributed by atoms with van der Waals surface area (Å²) in [4.78, 5) is 2.25. The summed E-state index contributed by atoms with van der Waals surface area (Å²) in [6.45, 7) is 8.21. The second kappa shape index (κ2) is 5.38. The van der Waals surface area contributed by atoms with Crippen LogP contribution in [0.2, 0.25) is 0 Å². The van der Waals surface area contributed by atoms with Gasteiger partial charge in [0.2, 0.25) is 0 Å². The van der Waals surface area contributed by atoms with Crippen molar-refractivity contribution >= 4 is 21.6 Å². The fourth-order valence-electron chi connectivity index (χ4n) is 2.53. The van der Waals surface area contributed by atoms with Crippen molar-refractivity contribution in [2.24, 2.45) is 0 Å². The van der Waals surface area contributed by atoms with Gasteiger partial charge >= 0.3 is 0 Å².